The number of rotatable bonds is 3. The summed E-state index contributed by atoms with van der Waals surface area (Å²) in [6, 6.07) is 5.38. The number of halogens is 3. The Kier molecular flexibility index (Phi) is 4.67. The lowest BCUT2D eigenvalue weighted by atomic mass is 10.1. The number of aromatic carboxylic acids is 1. The molecule has 0 atom stereocenters. The van der Waals surface area contributed by atoms with Gasteiger partial charge in [0.1, 0.15) is 5.15 Å². The van der Waals surface area contributed by atoms with Gasteiger partial charge in [-0.1, -0.05) is 34.8 Å². The number of anilines is 1. The van der Waals surface area contributed by atoms with Gasteiger partial charge in [0.2, 0.25) is 0 Å². The Hall–Kier alpha value is -1.82. The van der Waals surface area contributed by atoms with E-state index in [1.165, 1.54) is 30.5 Å². The van der Waals surface area contributed by atoms with Crippen LogP contribution in [0.4, 0.5) is 5.69 Å². The van der Waals surface area contributed by atoms with Crippen LogP contribution >= 0.6 is 34.8 Å². The molecule has 108 valence electrons. The number of carbonyl (C=O) groups excluding carboxylic acids is 1. The second kappa shape index (κ2) is 6.30. The first-order valence-corrected chi connectivity index (χ1v) is 6.67. The minimum Gasteiger partial charge on any atom is -0.478 e. The number of aromatic nitrogens is 1. The summed E-state index contributed by atoms with van der Waals surface area (Å²) in [4.78, 5) is 27.0. The monoisotopic (exact) mass is 344 g/mol. The molecule has 0 aliphatic heterocycles. The molecule has 0 radical (unpaired) electrons. The number of hydrogen-bond acceptors (Lipinski definition) is 3. The standard InChI is InChI=1S/C13H7Cl3N2O3/c14-6-1-2-10(8(3-6)13(20)21)18-12(19)7-4-11(16)17-5-9(7)15/h1-5H,(H,18,19)(H,20,21). The Balaban J connectivity index is 2.36. The van der Waals surface area contributed by atoms with Crippen LogP contribution in [0.2, 0.25) is 15.2 Å². The van der Waals surface area contributed by atoms with Crippen LogP contribution in [0.25, 0.3) is 0 Å². The van der Waals surface area contributed by atoms with Gasteiger partial charge in [0, 0.05) is 11.2 Å². The average Bonchev–Trinajstić information content (AvgIpc) is 2.43. The molecule has 0 saturated heterocycles. The molecule has 0 saturated carbocycles. The first-order valence-electron chi connectivity index (χ1n) is 5.53. The van der Waals surface area contributed by atoms with E-state index in [2.05, 4.69) is 10.3 Å². The van der Waals surface area contributed by atoms with E-state index in [1.54, 1.807) is 0 Å². The maximum atomic E-state index is 12.1. The third-order valence-electron chi connectivity index (χ3n) is 2.53. The number of carboxylic acids is 1. The van der Waals surface area contributed by atoms with Crippen molar-refractivity contribution in [1.82, 2.24) is 4.98 Å². The highest BCUT2D eigenvalue weighted by atomic mass is 35.5. The maximum Gasteiger partial charge on any atom is 0.337 e. The topological polar surface area (TPSA) is 79.3 Å². The third-order valence-corrected chi connectivity index (χ3v) is 3.27. The van der Waals surface area contributed by atoms with Crippen molar-refractivity contribution in [3.63, 3.8) is 0 Å². The second-order valence-corrected chi connectivity index (χ2v) is 5.17. The summed E-state index contributed by atoms with van der Waals surface area (Å²) in [6.45, 7) is 0. The molecule has 0 unspecified atom stereocenters. The summed E-state index contributed by atoms with van der Waals surface area (Å²) in [7, 11) is 0. The van der Waals surface area contributed by atoms with Crippen molar-refractivity contribution >= 4 is 52.4 Å². The molecule has 21 heavy (non-hydrogen) atoms. The van der Waals surface area contributed by atoms with Crippen LogP contribution in [-0.4, -0.2) is 22.0 Å². The molecular formula is C13H7Cl3N2O3. The van der Waals surface area contributed by atoms with Gasteiger partial charge in [-0.3, -0.25) is 4.79 Å². The molecule has 8 heteroatoms. The van der Waals surface area contributed by atoms with E-state index < -0.39 is 11.9 Å². The zero-order valence-corrected chi connectivity index (χ0v) is 12.5. The fraction of sp³-hybridized carbons (Fsp3) is 0. The van der Waals surface area contributed by atoms with E-state index in [1.807, 2.05) is 0 Å². The van der Waals surface area contributed by atoms with Gasteiger partial charge in [-0.15, -0.1) is 0 Å². The van der Waals surface area contributed by atoms with E-state index in [4.69, 9.17) is 39.9 Å². The summed E-state index contributed by atoms with van der Waals surface area (Å²) in [5, 5.41) is 12.0. The normalized spacial score (nSPS) is 10.2. The van der Waals surface area contributed by atoms with Crippen molar-refractivity contribution in [1.29, 1.82) is 0 Å². The molecule has 0 spiro atoms. The van der Waals surface area contributed by atoms with Crippen molar-refractivity contribution in [2.75, 3.05) is 5.32 Å². The number of nitrogens with one attached hydrogen (secondary N) is 1. The van der Waals surface area contributed by atoms with E-state index >= 15 is 0 Å². The first-order chi connectivity index (χ1) is 9.88. The highest BCUT2D eigenvalue weighted by Gasteiger charge is 2.16. The fourth-order valence-corrected chi connectivity index (χ4v) is 2.10. The summed E-state index contributed by atoms with van der Waals surface area (Å²) < 4.78 is 0. The SMILES string of the molecule is O=C(Nc1ccc(Cl)cc1C(=O)O)c1cc(Cl)ncc1Cl. The van der Waals surface area contributed by atoms with E-state index in [-0.39, 0.29) is 32.0 Å². The molecule has 0 aliphatic carbocycles. The van der Waals surface area contributed by atoms with Gasteiger partial charge in [0.05, 0.1) is 21.8 Å². The summed E-state index contributed by atoms with van der Waals surface area (Å²) in [6.07, 6.45) is 1.23. The molecule has 1 heterocycles. The van der Waals surface area contributed by atoms with Gasteiger partial charge in [-0.2, -0.15) is 0 Å². The Morgan fingerprint density at radius 3 is 2.48 bits per heavy atom. The molecule has 0 bridgehead atoms. The lowest BCUT2D eigenvalue weighted by molar-refractivity contribution is 0.0698. The van der Waals surface area contributed by atoms with E-state index in [0.717, 1.165) is 0 Å². The number of carbonyl (C=O) groups is 2. The number of nitrogens with zero attached hydrogens (tertiary/aromatic N) is 1. The lowest BCUT2D eigenvalue weighted by Gasteiger charge is -2.10. The third kappa shape index (κ3) is 3.64. The molecule has 2 N–H and O–H groups in total. The van der Waals surface area contributed by atoms with E-state index in [0.29, 0.717) is 0 Å². The molecule has 5 nitrogen and oxygen atoms in total. The molecule has 1 aromatic heterocycles. The van der Waals surface area contributed by atoms with Crippen LogP contribution in [0, 0.1) is 0 Å². The minimum absolute atomic E-state index is 0.0861. The van der Waals surface area contributed by atoms with Crippen LogP contribution < -0.4 is 5.32 Å². The predicted octanol–water partition coefficient (Wildman–Crippen LogP) is 3.99. The molecule has 0 fully saturated rings. The average molecular weight is 346 g/mol. The van der Waals surface area contributed by atoms with Crippen LogP contribution in [0.1, 0.15) is 20.7 Å². The highest BCUT2D eigenvalue weighted by Crippen LogP contribution is 2.23. The Labute approximate surface area is 134 Å². The maximum absolute atomic E-state index is 12.1. The number of amides is 1. The zero-order valence-electron chi connectivity index (χ0n) is 10.2. The molecule has 0 aliphatic rings. The number of benzene rings is 1. The van der Waals surface area contributed by atoms with Crippen LogP contribution in [-0.2, 0) is 0 Å². The molecule has 2 aromatic rings. The Morgan fingerprint density at radius 1 is 1.10 bits per heavy atom. The van der Waals surface area contributed by atoms with Crippen molar-refractivity contribution in [3.8, 4) is 0 Å². The predicted molar refractivity (Wildman–Crippen MR) is 80.6 cm³/mol. The summed E-state index contributed by atoms with van der Waals surface area (Å²) >= 11 is 17.3. The molecule has 1 aromatic carbocycles. The van der Waals surface area contributed by atoms with Crippen molar-refractivity contribution in [2.45, 2.75) is 0 Å². The van der Waals surface area contributed by atoms with Crippen molar-refractivity contribution in [3.05, 3.63) is 56.8 Å². The fourth-order valence-electron chi connectivity index (χ4n) is 1.58. The smallest absolute Gasteiger partial charge is 0.337 e. The van der Waals surface area contributed by atoms with Gasteiger partial charge in [0.15, 0.2) is 0 Å². The zero-order chi connectivity index (χ0) is 15.6. The van der Waals surface area contributed by atoms with Gasteiger partial charge >= 0.3 is 5.97 Å². The van der Waals surface area contributed by atoms with Crippen LogP contribution in [0.3, 0.4) is 0 Å². The van der Waals surface area contributed by atoms with Gasteiger partial charge < -0.3 is 10.4 Å². The first kappa shape index (κ1) is 15.6. The summed E-state index contributed by atoms with van der Waals surface area (Å²) in [5.41, 5.74) is 0.0518. The second-order valence-electron chi connectivity index (χ2n) is 3.94. The molecule has 2 rings (SSSR count). The van der Waals surface area contributed by atoms with E-state index in [9.17, 15) is 9.59 Å². The van der Waals surface area contributed by atoms with Gasteiger partial charge in [-0.25, -0.2) is 9.78 Å². The molecular weight excluding hydrogens is 339 g/mol. The highest BCUT2D eigenvalue weighted by molar-refractivity contribution is 6.35. The lowest BCUT2D eigenvalue weighted by Crippen LogP contribution is -2.15. The van der Waals surface area contributed by atoms with Gasteiger partial charge in [-0.05, 0) is 24.3 Å². The molecule has 1 amide bonds. The number of carboxylic acid groups (broad SMARTS) is 1. The Bertz CT molecular complexity index is 735. The summed E-state index contributed by atoms with van der Waals surface area (Å²) in [5.74, 6) is -1.82. The van der Waals surface area contributed by atoms with Crippen molar-refractivity contribution < 1.29 is 14.7 Å². The Morgan fingerprint density at radius 2 is 1.81 bits per heavy atom. The van der Waals surface area contributed by atoms with Gasteiger partial charge in [0.25, 0.3) is 5.91 Å². The quantitative estimate of drug-likeness (QED) is 0.824. The number of pyridine rings is 1. The number of hydrogen-bond donors (Lipinski definition) is 2. The van der Waals surface area contributed by atoms with Crippen LogP contribution in [0.5, 0.6) is 0 Å². The van der Waals surface area contributed by atoms with Crippen LogP contribution in [0.15, 0.2) is 30.5 Å². The largest absolute Gasteiger partial charge is 0.478 e. The minimum atomic E-state index is -1.22. The van der Waals surface area contributed by atoms with Crippen molar-refractivity contribution in [2.24, 2.45) is 0 Å².